The Balaban J connectivity index is 1.17. The Morgan fingerprint density at radius 3 is 2.60 bits per heavy atom. The zero-order valence-electron chi connectivity index (χ0n) is 18.8. The SMILES string of the molecule is Nc1c(F)cc(-c2cn(CC3(O)CC(NC(=O)CC4(n5cnnn5)CCSCC4)C3)nn2)cc1F. The molecule has 0 atom stereocenters. The number of thioether (sulfide) groups is 1. The van der Waals surface area contributed by atoms with E-state index in [9.17, 15) is 18.7 Å². The first kappa shape index (κ1) is 23.6. The molecule has 0 bridgehead atoms. The summed E-state index contributed by atoms with van der Waals surface area (Å²) in [5.74, 6) is 0.0201. The maximum absolute atomic E-state index is 13.8. The van der Waals surface area contributed by atoms with Crippen molar-refractivity contribution in [3.63, 3.8) is 0 Å². The number of aromatic nitrogens is 7. The minimum atomic E-state index is -1.07. The summed E-state index contributed by atoms with van der Waals surface area (Å²) in [5, 5.41) is 33.3. The van der Waals surface area contributed by atoms with Crippen LogP contribution in [0.3, 0.4) is 0 Å². The van der Waals surface area contributed by atoms with Crippen LogP contribution in [0.2, 0.25) is 0 Å². The number of carbonyl (C=O) groups is 1. The minimum Gasteiger partial charge on any atom is -0.394 e. The summed E-state index contributed by atoms with van der Waals surface area (Å²) >= 11 is 1.85. The van der Waals surface area contributed by atoms with Crippen LogP contribution in [0.4, 0.5) is 14.5 Å². The number of nitrogen functional groups attached to an aromatic ring is 1. The summed E-state index contributed by atoms with van der Waals surface area (Å²) in [6.07, 6.45) is 5.66. The standard InChI is InChI=1S/C21H25F2N9O2S/c22-15-5-13(6-16(23)19(15)24)17-10-31(29-27-17)11-21(34)7-14(8-21)26-18(33)9-20(1-3-35-4-2-20)32-12-25-28-30-32/h5-6,10,12,14,34H,1-4,7-9,11,24H2,(H,26,33). The number of rotatable bonds is 7. The molecule has 1 aliphatic heterocycles. The van der Waals surface area contributed by atoms with E-state index in [2.05, 4.69) is 31.2 Å². The van der Waals surface area contributed by atoms with Crippen molar-refractivity contribution in [1.29, 1.82) is 0 Å². The van der Waals surface area contributed by atoms with Crippen molar-refractivity contribution in [2.24, 2.45) is 0 Å². The van der Waals surface area contributed by atoms with Gasteiger partial charge in [0.05, 0.1) is 30.3 Å². The van der Waals surface area contributed by atoms with E-state index in [4.69, 9.17) is 5.73 Å². The van der Waals surface area contributed by atoms with Gasteiger partial charge in [-0.25, -0.2) is 18.1 Å². The molecule has 35 heavy (non-hydrogen) atoms. The number of tetrazole rings is 1. The van der Waals surface area contributed by atoms with Crippen molar-refractivity contribution >= 4 is 23.4 Å². The van der Waals surface area contributed by atoms with Gasteiger partial charge in [-0.15, -0.1) is 10.2 Å². The molecule has 3 heterocycles. The Morgan fingerprint density at radius 2 is 1.94 bits per heavy atom. The third kappa shape index (κ3) is 4.85. The van der Waals surface area contributed by atoms with Crippen LogP contribution >= 0.6 is 11.8 Å². The maximum atomic E-state index is 13.8. The Hall–Kier alpha value is -3.13. The topological polar surface area (TPSA) is 150 Å². The zero-order valence-corrected chi connectivity index (χ0v) is 19.6. The van der Waals surface area contributed by atoms with E-state index in [1.165, 1.54) is 10.9 Å². The fraction of sp³-hybridized carbons (Fsp3) is 0.524. The van der Waals surface area contributed by atoms with E-state index < -0.39 is 28.5 Å². The van der Waals surface area contributed by atoms with Gasteiger partial charge in [-0.1, -0.05) is 5.21 Å². The molecular formula is C21H25F2N9O2S. The highest BCUT2D eigenvalue weighted by atomic mass is 32.2. The summed E-state index contributed by atoms with van der Waals surface area (Å²) in [7, 11) is 0. The van der Waals surface area contributed by atoms with Crippen LogP contribution in [0.25, 0.3) is 11.3 Å². The molecule has 3 aromatic rings. The molecule has 2 aliphatic rings. The van der Waals surface area contributed by atoms with Gasteiger partial charge in [0, 0.05) is 11.6 Å². The minimum absolute atomic E-state index is 0.102. The van der Waals surface area contributed by atoms with Gasteiger partial charge in [0.2, 0.25) is 5.91 Å². The Kier molecular flexibility index (Phi) is 6.17. The fourth-order valence-corrected chi connectivity index (χ4v) is 6.08. The number of nitrogens with two attached hydrogens (primary N) is 1. The predicted octanol–water partition coefficient (Wildman–Crippen LogP) is 1.11. The first-order valence-electron chi connectivity index (χ1n) is 11.2. The molecule has 4 N–H and O–H groups in total. The molecule has 11 nitrogen and oxygen atoms in total. The Bertz CT molecular complexity index is 1180. The number of hydrogen-bond donors (Lipinski definition) is 3. The van der Waals surface area contributed by atoms with Gasteiger partial charge < -0.3 is 16.2 Å². The lowest BCUT2D eigenvalue weighted by Gasteiger charge is -2.44. The van der Waals surface area contributed by atoms with E-state index in [1.807, 2.05) is 11.8 Å². The van der Waals surface area contributed by atoms with Gasteiger partial charge in [-0.3, -0.25) is 4.79 Å². The molecule has 14 heteroatoms. The fourth-order valence-electron chi connectivity index (χ4n) is 4.82. The number of halogens is 2. The molecule has 2 aromatic heterocycles. The number of benzene rings is 1. The number of nitrogens with zero attached hydrogens (tertiary/aromatic N) is 7. The average Bonchev–Trinajstić information content (AvgIpc) is 3.49. The second kappa shape index (κ2) is 9.15. The molecule has 1 aliphatic carbocycles. The maximum Gasteiger partial charge on any atom is 0.222 e. The van der Waals surface area contributed by atoms with Gasteiger partial charge in [-0.05, 0) is 59.7 Å². The molecule has 186 valence electrons. The quantitative estimate of drug-likeness (QED) is 0.401. The number of aliphatic hydroxyl groups is 1. The highest BCUT2D eigenvalue weighted by molar-refractivity contribution is 7.99. The van der Waals surface area contributed by atoms with Crippen LogP contribution < -0.4 is 11.1 Å². The summed E-state index contributed by atoms with van der Waals surface area (Å²) in [4.78, 5) is 12.8. The number of amides is 1. The summed E-state index contributed by atoms with van der Waals surface area (Å²) in [5.41, 5.74) is 3.71. The van der Waals surface area contributed by atoms with Gasteiger partial charge in [0.25, 0.3) is 0 Å². The van der Waals surface area contributed by atoms with Crippen LogP contribution in [-0.2, 0) is 16.9 Å². The Morgan fingerprint density at radius 1 is 1.23 bits per heavy atom. The molecule has 0 unspecified atom stereocenters. The van der Waals surface area contributed by atoms with Crippen molar-refractivity contribution in [3.05, 3.63) is 36.3 Å². The molecule has 2 fully saturated rings. The van der Waals surface area contributed by atoms with Crippen LogP contribution in [-0.4, -0.2) is 69.4 Å². The van der Waals surface area contributed by atoms with Gasteiger partial charge in [0.1, 0.15) is 29.3 Å². The van der Waals surface area contributed by atoms with Crippen molar-refractivity contribution < 1.29 is 18.7 Å². The van der Waals surface area contributed by atoms with E-state index >= 15 is 0 Å². The summed E-state index contributed by atoms with van der Waals surface area (Å²) in [6.45, 7) is 0.137. The average molecular weight is 506 g/mol. The predicted molar refractivity (Wildman–Crippen MR) is 123 cm³/mol. The van der Waals surface area contributed by atoms with Crippen LogP contribution in [0.5, 0.6) is 0 Å². The van der Waals surface area contributed by atoms with E-state index in [0.717, 1.165) is 36.5 Å². The molecule has 1 saturated heterocycles. The largest absolute Gasteiger partial charge is 0.394 e. The second-order valence-corrected chi connectivity index (χ2v) is 10.5. The molecular weight excluding hydrogens is 480 g/mol. The number of hydrogen-bond acceptors (Lipinski definition) is 9. The monoisotopic (exact) mass is 505 g/mol. The van der Waals surface area contributed by atoms with Gasteiger partial charge in [0.15, 0.2) is 0 Å². The molecule has 5 rings (SSSR count). The molecule has 1 saturated carbocycles. The second-order valence-electron chi connectivity index (χ2n) is 9.32. The smallest absolute Gasteiger partial charge is 0.222 e. The normalized spacial score (nSPS) is 23.6. The molecule has 1 amide bonds. The zero-order chi connectivity index (χ0) is 24.6. The lowest BCUT2D eigenvalue weighted by atomic mass is 9.75. The number of anilines is 1. The summed E-state index contributed by atoms with van der Waals surface area (Å²) in [6, 6.07) is 2.01. The van der Waals surface area contributed by atoms with Crippen LogP contribution in [0.15, 0.2) is 24.7 Å². The Labute approximate surface area is 203 Å². The highest BCUT2D eigenvalue weighted by Gasteiger charge is 2.45. The number of carbonyl (C=O) groups excluding carboxylic acids is 1. The van der Waals surface area contributed by atoms with E-state index in [0.29, 0.717) is 12.8 Å². The van der Waals surface area contributed by atoms with Crippen LogP contribution in [0, 0.1) is 11.6 Å². The van der Waals surface area contributed by atoms with E-state index in [1.54, 1.807) is 11.0 Å². The molecule has 1 aromatic carbocycles. The van der Waals surface area contributed by atoms with Gasteiger partial charge in [-0.2, -0.15) is 11.8 Å². The van der Waals surface area contributed by atoms with Crippen LogP contribution in [0.1, 0.15) is 32.1 Å². The molecule has 0 radical (unpaired) electrons. The van der Waals surface area contributed by atoms with Crippen molar-refractivity contribution in [3.8, 4) is 11.3 Å². The van der Waals surface area contributed by atoms with Crippen molar-refractivity contribution in [1.82, 2.24) is 40.5 Å². The summed E-state index contributed by atoms with van der Waals surface area (Å²) < 4.78 is 30.6. The first-order chi connectivity index (χ1) is 16.8. The number of nitrogens with one attached hydrogen (secondary N) is 1. The first-order valence-corrected chi connectivity index (χ1v) is 12.4. The van der Waals surface area contributed by atoms with Crippen molar-refractivity contribution in [2.75, 3.05) is 17.2 Å². The van der Waals surface area contributed by atoms with Gasteiger partial charge >= 0.3 is 0 Å². The lowest BCUT2D eigenvalue weighted by molar-refractivity contribution is -0.128. The molecule has 0 spiro atoms. The lowest BCUT2D eigenvalue weighted by Crippen LogP contribution is -2.57. The van der Waals surface area contributed by atoms with Crippen molar-refractivity contribution in [2.45, 2.75) is 55.8 Å². The third-order valence-electron chi connectivity index (χ3n) is 6.74. The third-order valence-corrected chi connectivity index (χ3v) is 7.72. The highest BCUT2D eigenvalue weighted by Crippen LogP contribution is 2.37. The van der Waals surface area contributed by atoms with E-state index in [-0.39, 0.29) is 36.2 Å².